The number of nitro benzene ring substituents is 2. The van der Waals surface area contributed by atoms with Gasteiger partial charge in [0.2, 0.25) is 0 Å². The fourth-order valence-electron chi connectivity index (χ4n) is 3.45. The summed E-state index contributed by atoms with van der Waals surface area (Å²) in [6.45, 7) is 0. The minimum atomic E-state index is -0.684. The Bertz CT molecular complexity index is 1150. The highest BCUT2D eigenvalue weighted by molar-refractivity contribution is 6.03. The number of halogens is 1. The summed E-state index contributed by atoms with van der Waals surface area (Å²) in [6.07, 6.45) is 0.434. The number of hydrogen-bond donors (Lipinski definition) is 0. The molecular weight excluding hydrogens is 391 g/mol. The molecule has 1 aliphatic rings. The van der Waals surface area contributed by atoms with Crippen molar-refractivity contribution in [1.82, 2.24) is 0 Å². The van der Waals surface area contributed by atoms with Crippen LogP contribution in [-0.2, 0) is 0 Å². The molecule has 0 bridgehead atoms. The summed E-state index contributed by atoms with van der Waals surface area (Å²) < 4.78 is 13.4. The molecule has 0 saturated heterocycles. The molecule has 0 saturated carbocycles. The van der Waals surface area contributed by atoms with Crippen molar-refractivity contribution < 1.29 is 14.2 Å². The molecule has 1 heterocycles. The van der Waals surface area contributed by atoms with Gasteiger partial charge in [-0.05, 0) is 29.3 Å². The van der Waals surface area contributed by atoms with Crippen molar-refractivity contribution in [2.75, 3.05) is 5.01 Å². The van der Waals surface area contributed by atoms with Crippen molar-refractivity contribution in [3.05, 3.63) is 110 Å². The Hall–Kier alpha value is -4.14. The van der Waals surface area contributed by atoms with Crippen molar-refractivity contribution in [1.29, 1.82) is 0 Å². The minimum Gasteiger partial charge on any atom is -0.258 e. The van der Waals surface area contributed by atoms with Crippen molar-refractivity contribution in [3.63, 3.8) is 0 Å². The maximum absolute atomic E-state index is 13.4. The third-order valence-corrected chi connectivity index (χ3v) is 4.89. The fraction of sp³-hybridized carbons (Fsp3) is 0.0952. The Kier molecular flexibility index (Phi) is 4.93. The second-order valence-corrected chi connectivity index (χ2v) is 6.72. The zero-order valence-corrected chi connectivity index (χ0v) is 15.5. The highest BCUT2D eigenvalue weighted by atomic mass is 19.1. The summed E-state index contributed by atoms with van der Waals surface area (Å²) >= 11 is 0. The zero-order chi connectivity index (χ0) is 21.3. The SMILES string of the molecule is O=[N+]([O-])c1ccc(N2N=C(c3ccccc3)CC2c2ccc(F)cc2)c([N+](=O)[O-])c1. The highest BCUT2D eigenvalue weighted by Crippen LogP contribution is 2.41. The summed E-state index contributed by atoms with van der Waals surface area (Å²) in [6, 6.07) is 18.2. The second-order valence-electron chi connectivity index (χ2n) is 6.72. The van der Waals surface area contributed by atoms with Gasteiger partial charge in [0, 0.05) is 12.5 Å². The van der Waals surface area contributed by atoms with Crippen LogP contribution in [0.2, 0.25) is 0 Å². The van der Waals surface area contributed by atoms with Crippen LogP contribution >= 0.6 is 0 Å². The Morgan fingerprint density at radius 2 is 1.63 bits per heavy atom. The number of hydrogen-bond acceptors (Lipinski definition) is 6. The van der Waals surface area contributed by atoms with Crippen LogP contribution in [0, 0.1) is 26.0 Å². The number of hydrazone groups is 1. The van der Waals surface area contributed by atoms with Crippen LogP contribution in [0.5, 0.6) is 0 Å². The molecule has 30 heavy (non-hydrogen) atoms. The standard InChI is InChI=1S/C21H15FN4O4/c22-16-8-6-15(7-9-16)20-13-18(14-4-2-1-3-5-14)23-24(20)19-11-10-17(25(27)28)12-21(19)26(29)30/h1-12,20H,13H2. The number of rotatable bonds is 5. The molecule has 0 N–H and O–H groups in total. The topological polar surface area (TPSA) is 102 Å². The number of nitro groups is 2. The van der Waals surface area contributed by atoms with E-state index in [-0.39, 0.29) is 11.4 Å². The first-order chi connectivity index (χ1) is 14.4. The fourth-order valence-corrected chi connectivity index (χ4v) is 3.45. The van der Waals surface area contributed by atoms with Gasteiger partial charge in [-0.15, -0.1) is 0 Å². The van der Waals surface area contributed by atoms with Crippen molar-refractivity contribution in [2.45, 2.75) is 12.5 Å². The molecular formula is C21H15FN4O4. The molecule has 1 aliphatic heterocycles. The van der Waals surface area contributed by atoms with Crippen LogP contribution in [0.3, 0.4) is 0 Å². The molecule has 0 aromatic heterocycles. The van der Waals surface area contributed by atoms with Gasteiger partial charge in [-0.3, -0.25) is 25.2 Å². The van der Waals surface area contributed by atoms with Crippen molar-refractivity contribution in [3.8, 4) is 0 Å². The molecule has 3 aromatic rings. The van der Waals surface area contributed by atoms with Crippen LogP contribution in [0.25, 0.3) is 0 Å². The average molecular weight is 406 g/mol. The van der Waals surface area contributed by atoms with Gasteiger partial charge in [0.1, 0.15) is 11.5 Å². The predicted octanol–water partition coefficient (Wildman–Crippen LogP) is 5.00. The smallest absolute Gasteiger partial charge is 0.258 e. The third-order valence-electron chi connectivity index (χ3n) is 4.89. The Morgan fingerprint density at radius 3 is 2.27 bits per heavy atom. The molecule has 150 valence electrons. The Labute approximate surface area is 170 Å². The van der Waals surface area contributed by atoms with Crippen LogP contribution < -0.4 is 5.01 Å². The summed E-state index contributed by atoms with van der Waals surface area (Å²) in [5.74, 6) is -0.395. The van der Waals surface area contributed by atoms with E-state index in [1.165, 1.54) is 29.3 Å². The zero-order valence-electron chi connectivity index (χ0n) is 15.5. The van der Waals surface area contributed by atoms with Crippen molar-refractivity contribution in [2.24, 2.45) is 5.10 Å². The molecule has 3 aromatic carbocycles. The lowest BCUT2D eigenvalue weighted by atomic mass is 9.98. The van der Waals surface area contributed by atoms with Gasteiger partial charge in [-0.1, -0.05) is 42.5 Å². The van der Waals surface area contributed by atoms with E-state index in [1.807, 2.05) is 30.3 Å². The quantitative estimate of drug-likeness (QED) is 0.438. The number of non-ortho nitro benzene ring substituents is 1. The van der Waals surface area contributed by atoms with Gasteiger partial charge in [0.15, 0.2) is 0 Å². The molecule has 1 unspecified atom stereocenters. The normalized spacial score (nSPS) is 15.7. The molecule has 8 nitrogen and oxygen atoms in total. The van der Waals surface area contributed by atoms with Crippen LogP contribution in [-0.4, -0.2) is 15.6 Å². The first-order valence-electron chi connectivity index (χ1n) is 9.04. The Morgan fingerprint density at radius 1 is 0.933 bits per heavy atom. The maximum Gasteiger partial charge on any atom is 0.301 e. The third kappa shape index (κ3) is 3.60. The number of benzene rings is 3. The molecule has 0 radical (unpaired) electrons. The molecule has 0 fully saturated rings. The summed E-state index contributed by atoms with van der Waals surface area (Å²) in [5, 5.41) is 28.8. The molecule has 9 heteroatoms. The van der Waals surface area contributed by atoms with Gasteiger partial charge < -0.3 is 0 Å². The van der Waals surface area contributed by atoms with Crippen molar-refractivity contribution >= 4 is 22.8 Å². The van der Waals surface area contributed by atoms with E-state index in [2.05, 4.69) is 5.10 Å². The van der Waals surface area contributed by atoms with Gasteiger partial charge in [-0.25, -0.2) is 4.39 Å². The molecule has 1 atom stereocenters. The second kappa shape index (κ2) is 7.70. The first kappa shape index (κ1) is 19.2. The van der Waals surface area contributed by atoms with E-state index in [1.54, 1.807) is 12.1 Å². The summed E-state index contributed by atoms with van der Waals surface area (Å²) in [5.41, 5.74) is 1.61. The monoisotopic (exact) mass is 406 g/mol. The summed E-state index contributed by atoms with van der Waals surface area (Å²) in [7, 11) is 0. The van der Waals surface area contributed by atoms with E-state index in [9.17, 15) is 24.6 Å². The maximum atomic E-state index is 13.4. The highest BCUT2D eigenvalue weighted by Gasteiger charge is 2.34. The number of nitrogens with zero attached hydrogens (tertiary/aromatic N) is 4. The van der Waals surface area contributed by atoms with Gasteiger partial charge in [0.25, 0.3) is 5.69 Å². The van der Waals surface area contributed by atoms with Gasteiger partial charge >= 0.3 is 5.69 Å². The van der Waals surface area contributed by atoms with Crippen LogP contribution in [0.4, 0.5) is 21.5 Å². The minimum absolute atomic E-state index is 0.130. The van der Waals surface area contributed by atoms with Crippen LogP contribution in [0.15, 0.2) is 77.9 Å². The number of anilines is 1. The molecule has 4 rings (SSSR count). The van der Waals surface area contributed by atoms with Gasteiger partial charge in [-0.2, -0.15) is 5.10 Å². The van der Waals surface area contributed by atoms with E-state index in [0.29, 0.717) is 12.1 Å². The molecule has 0 spiro atoms. The lowest BCUT2D eigenvalue weighted by Gasteiger charge is -2.23. The van der Waals surface area contributed by atoms with Gasteiger partial charge in [0.05, 0.1) is 27.7 Å². The average Bonchev–Trinajstić information content (AvgIpc) is 3.19. The lowest BCUT2D eigenvalue weighted by Crippen LogP contribution is -2.19. The van der Waals surface area contributed by atoms with E-state index >= 15 is 0 Å². The first-order valence-corrected chi connectivity index (χ1v) is 9.04. The van der Waals surface area contributed by atoms with Crippen LogP contribution in [0.1, 0.15) is 23.6 Å². The largest absolute Gasteiger partial charge is 0.301 e. The predicted molar refractivity (Wildman–Crippen MR) is 109 cm³/mol. The van der Waals surface area contributed by atoms with E-state index in [4.69, 9.17) is 0 Å². The van der Waals surface area contributed by atoms with E-state index in [0.717, 1.165) is 17.2 Å². The molecule has 0 aliphatic carbocycles. The van der Waals surface area contributed by atoms with E-state index < -0.39 is 27.4 Å². The lowest BCUT2D eigenvalue weighted by molar-refractivity contribution is -0.393. The molecule has 0 amide bonds. The summed E-state index contributed by atoms with van der Waals surface area (Å²) in [4.78, 5) is 21.4. The Balaban J connectivity index is 1.84.